The summed E-state index contributed by atoms with van der Waals surface area (Å²) < 4.78 is 19.6. The number of hydrogen-bond donors (Lipinski definition) is 2. The summed E-state index contributed by atoms with van der Waals surface area (Å²) >= 11 is 0. The van der Waals surface area contributed by atoms with Gasteiger partial charge in [0.25, 0.3) is 0 Å². The third kappa shape index (κ3) is 5.47. The molecule has 0 aliphatic rings. The molecule has 10 nitrogen and oxygen atoms in total. The quantitative estimate of drug-likeness (QED) is 0.576. The first-order chi connectivity index (χ1) is 14.3. The van der Waals surface area contributed by atoms with Gasteiger partial charge in [0, 0.05) is 0 Å². The number of carboxylic acid groups (broad SMARTS) is 2. The fraction of sp³-hybridized carbons (Fsp3) is 0.200. The number of carbonyl (C=O) groups excluding carboxylic acids is 2. The minimum absolute atomic E-state index is 0.0798. The molecule has 0 aliphatic heterocycles. The zero-order valence-electron chi connectivity index (χ0n) is 15.9. The number of rotatable bonds is 9. The zero-order valence-corrected chi connectivity index (χ0v) is 15.9. The molecule has 0 aromatic heterocycles. The molecule has 0 aliphatic carbocycles. The maximum absolute atomic E-state index is 12.3. The molecule has 0 fully saturated rings. The van der Waals surface area contributed by atoms with Crippen molar-refractivity contribution in [3.63, 3.8) is 0 Å². The van der Waals surface area contributed by atoms with Crippen LogP contribution < -0.4 is 9.47 Å². The Kier molecular flexibility index (Phi) is 7.34. The van der Waals surface area contributed by atoms with Gasteiger partial charge in [-0.3, -0.25) is 0 Å². The van der Waals surface area contributed by atoms with Gasteiger partial charge in [-0.1, -0.05) is 12.1 Å². The van der Waals surface area contributed by atoms with Crippen LogP contribution in [0.2, 0.25) is 0 Å². The number of hydrogen-bond acceptors (Lipinski definition) is 8. The van der Waals surface area contributed by atoms with Crippen molar-refractivity contribution < 1.29 is 48.3 Å². The molecule has 30 heavy (non-hydrogen) atoms. The summed E-state index contributed by atoms with van der Waals surface area (Å²) in [5, 5.41) is 18.8. The van der Waals surface area contributed by atoms with Gasteiger partial charge in [-0.2, -0.15) is 0 Å². The molecule has 158 valence electrons. The zero-order chi connectivity index (χ0) is 22.3. The largest absolute Gasteiger partial charge is 0.497 e. The minimum atomic E-state index is -2.30. The average molecular weight is 418 g/mol. The Morgan fingerprint density at radius 1 is 0.700 bits per heavy atom. The maximum atomic E-state index is 12.3. The second-order valence-corrected chi connectivity index (χ2v) is 5.79. The fourth-order valence-corrected chi connectivity index (χ4v) is 2.35. The summed E-state index contributed by atoms with van der Waals surface area (Å²) in [5.41, 5.74) is -0.160. The molecule has 2 atom stereocenters. The highest BCUT2D eigenvalue weighted by molar-refractivity contribution is 5.95. The van der Waals surface area contributed by atoms with Gasteiger partial charge >= 0.3 is 23.9 Å². The monoisotopic (exact) mass is 418 g/mol. The third-order valence-corrected chi connectivity index (χ3v) is 3.84. The number of methoxy groups -OCH3 is 2. The Hall–Kier alpha value is -4.08. The lowest BCUT2D eigenvalue weighted by Gasteiger charge is -2.21. The lowest BCUT2D eigenvalue weighted by molar-refractivity contribution is -0.166. The van der Waals surface area contributed by atoms with Crippen LogP contribution in [0.4, 0.5) is 0 Å². The van der Waals surface area contributed by atoms with Gasteiger partial charge in [-0.25, -0.2) is 19.2 Å². The molecule has 0 heterocycles. The summed E-state index contributed by atoms with van der Waals surface area (Å²) in [6.45, 7) is 0. The molecule has 2 aromatic rings. The molecule has 2 aromatic carbocycles. The molecular formula is C20H18O10. The van der Waals surface area contributed by atoms with E-state index in [0.29, 0.717) is 11.5 Å². The van der Waals surface area contributed by atoms with E-state index in [1.165, 1.54) is 50.6 Å². The first-order valence-corrected chi connectivity index (χ1v) is 8.42. The van der Waals surface area contributed by atoms with Gasteiger partial charge in [-0.15, -0.1) is 0 Å². The molecule has 2 rings (SSSR count). The van der Waals surface area contributed by atoms with Crippen molar-refractivity contribution in [1.29, 1.82) is 0 Å². The SMILES string of the molecule is COc1cccc(C(=O)O[C@@H](C(=O)O)[C@@H](OC(=O)c2cccc(OC)c2)C(=O)O)c1. The molecule has 2 N–H and O–H groups in total. The van der Waals surface area contributed by atoms with Crippen molar-refractivity contribution in [1.82, 2.24) is 0 Å². The topological polar surface area (TPSA) is 146 Å². The number of benzene rings is 2. The summed E-state index contributed by atoms with van der Waals surface area (Å²) in [7, 11) is 2.73. The van der Waals surface area contributed by atoms with E-state index in [0.717, 1.165) is 0 Å². The summed E-state index contributed by atoms with van der Waals surface area (Å²) in [5.74, 6) is -5.28. The Bertz CT molecular complexity index is 875. The minimum Gasteiger partial charge on any atom is -0.497 e. The summed E-state index contributed by atoms with van der Waals surface area (Å²) in [4.78, 5) is 47.8. The first-order valence-electron chi connectivity index (χ1n) is 8.42. The van der Waals surface area contributed by atoms with Gasteiger partial charge in [0.2, 0.25) is 12.2 Å². The van der Waals surface area contributed by atoms with Crippen LogP contribution in [-0.2, 0) is 19.1 Å². The van der Waals surface area contributed by atoms with Crippen molar-refractivity contribution in [2.45, 2.75) is 12.2 Å². The number of ether oxygens (including phenoxy) is 4. The second-order valence-electron chi connectivity index (χ2n) is 5.79. The predicted molar refractivity (Wildman–Crippen MR) is 99.7 cm³/mol. The first kappa shape index (κ1) is 22.2. The van der Waals surface area contributed by atoms with E-state index in [2.05, 4.69) is 0 Å². The molecule has 0 saturated carbocycles. The normalized spacial score (nSPS) is 12.2. The van der Waals surface area contributed by atoms with Crippen molar-refractivity contribution in [2.24, 2.45) is 0 Å². The summed E-state index contributed by atoms with van der Waals surface area (Å²) in [6.07, 6.45) is -4.59. The molecule has 0 unspecified atom stereocenters. The lowest BCUT2D eigenvalue weighted by Crippen LogP contribution is -2.45. The van der Waals surface area contributed by atoms with Gasteiger partial charge in [0.1, 0.15) is 11.5 Å². The van der Waals surface area contributed by atoms with Crippen LogP contribution in [0.1, 0.15) is 20.7 Å². The van der Waals surface area contributed by atoms with Crippen molar-refractivity contribution in [3.05, 3.63) is 59.7 Å². The molecule has 10 heteroatoms. The highest BCUT2D eigenvalue weighted by Gasteiger charge is 2.41. The smallest absolute Gasteiger partial charge is 0.349 e. The standard InChI is InChI=1S/C20H18O10/c1-27-13-7-3-5-11(9-13)19(25)29-15(17(21)22)16(18(23)24)30-20(26)12-6-4-8-14(10-12)28-2/h3-10,15-16H,1-2H3,(H,21,22)(H,23,24)/t15-,16-/m1/s1. The van der Waals surface area contributed by atoms with E-state index >= 15 is 0 Å². The molecule has 0 radical (unpaired) electrons. The van der Waals surface area contributed by atoms with Crippen LogP contribution in [-0.4, -0.2) is 60.5 Å². The molecular weight excluding hydrogens is 400 g/mol. The molecule has 0 spiro atoms. The van der Waals surface area contributed by atoms with Crippen molar-refractivity contribution >= 4 is 23.9 Å². The van der Waals surface area contributed by atoms with Gasteiger partial charge < -0.3 is 29.2 Å². The number of carbonyl (C=O) groups is 4. The van der Waals surface area contributed by atoms with E-state index < -0.39 is 36.1 Å². The van der Waals surface area contributed by atoms with E-state index in [4.69, 9.17) is 18.9 Å². The molecule has 0 amide bonds. The van der Waals surface area contributed by atoms with Crippen LogP contribution in [0.15, 0.2) is 48.5 Å². The Morgan fingerprint density at radius 3 is 1.37 bits per heavy atom. The second kappa shape index (κ2) is 9.92. The van der Waals surface area contributed by atoms with E-state index in [-0.39, 0.29) is 11.1 Å². The van der Waals surface area contributed by atoms with Gasteiger partial charge in [0.15, 0.2) is 0 Å². The van der Waals surface area contributed by atoms with Crippen LogP contribution in [0, 0.1) is 0 Å². The van der Waals surface area contributed by atoms with Gasteiger partial charge in [-0.05, 0) is 36.4 Å². The van der Waals surface area contributed by atoms with E-state index in [9.17, 15) is 29.4 Å². The fourth-order valence-electron chi connectivity index (χ4n) is 2.35. The number of aliphatic carboxylic acids is 2. The Balaban J connectivity index is 2.24. The Morgan fingerprint density at radius 2 is 1.07 bits per heavy atom. The number of carboxylic acids is 2. The molecule has 0 bridgehead atoms. The third-order valence-electron chi connectivity index (χ3n) is 3.84. The maximum Gasteiger partial charge on any atom is 0.349 e. The van der Waals surface area contributed by atoms with Crippen LogP contribution in [0.5, 0.6) is 11.5 Å². The number of esters is 2. The van der Waals surface area contributed by atoms with Crippen LogP contribution >= 0.6 is 0 Å². The molecule has 0 saturated heterocycles. The van der Waals surface area contributed by atoms with E-state index in [1.54, 1.807) is 12.1 Å². The van der Waals surface area contributed by atoms with Crippen LogP contribution in [0.25, 0.3) is 0 Å². The predicted octanol–water partition coefficient (Wildman–Crippen LogP) is 1.62. The highest BCUT2D eigenvalue weighted by atomic mass is 16.6. The highest BCUT2D eigenvalue weighted by Crippen LogP contribution is 2.18. The van der Waals surface area contributed by atoms with Gasteiger partial charge in [0.05, 0.1) is 25.3 Å². The van der Waals surface area contributed by atoms with Crippen molar-refractivity contribution in [3.8, 4) is 11.5 Å². The summed E-state index contributed by atoms with van der Waals surface area (Å²) in [6, 6.07) is 11.2. The van der Waals surface area contributed by atoms with E-state index in [1.807, 2.05) is 0 Å². The average Bonchev–Trinajstić information content (AvgIpc) is 2.75. The van der Waals surface area contributed by atoms with Crippen LogP contribution in [0.3, 0.4) is 0 Å². The van der Waals surface area contributed by atoms with Crippen molar-refractivity contribution in [2.75, 3.05) is 14.2 Å². The lowest BCUT2D eigenvalue weighted by atomic mass is 10.1. The Labute approximate surface area is 170 Å².